The Morgan fingerprint density at radius 1 is 1.07 bits per heavy atom. The van der Waals surface area contributed by atoms with Crippen LogP contribution in [0.15, 0.2) is 48.5 Å². The van der Waals surface area contributed by atoms with Crippen molar-refractivity contribution >= 4 is 17.7 Å². The molecule has 0 spiro atoms. The lowest BCUT2D eigenvalue weighted by molar-refractivity contribution is -0.139. The zero-order valence-corrected chi connectivity index (χ0v) is 15.6. The normalized spacial score (nSPS) is 16.2. The number of rotatable bonds is 7. The first-order valence-electron chi connectivity index (χ1n) is 8.69. The molecular formula is C20H21N3O5. The molecule has 8 nitrogen and oxygen atoms in total. The molecule has 28 heavy (non-hydrogen) atoms. The summed E-state index contributed by atoms with van der Waals surface area (Å²) < 4.78 is 10.3. The van der Waals surface area contributed by atoms with Crippen LogP contribution < -0.4 is 20.3 Å². The van der Waals surface area contributed by atoms with Crippen LogP contribution in [0.3, 0.4) is 0 Å². The summed E-state index contributed by atoms with van der Waals surface area (Å²) in [6.07, 6.45) is -0.0160. The summed E-state index contributed by atoms with van der Waals surface area (Å²) in [5.41, 5.74) is 6.32. The molecule has 2 aromatic carbocycles. The average Bonchev–Trinajstić information content (AvgIpc) is 2.99. The number of carbonyl (C=O) groups is 3. The minimum Gasteiger partial charge on any atom is -0.493 e. The van der Waals surface area contributed by atoms with Crippen LogP contribution in [0.5, 0.6) is 11.5 Å². The van der Waals surface area contributed by atoms with Gasteiger partial charge in [-0.2, -0.15) is 0 Å². The highest BCUT2D eigenvalue weighted by Crippen LogP contribution is 2.27. The van der Waals surface area contributed by atoms with Crippen molar-refractivity contribution in [2.45, 2.75) is 19.0 Å². The number of hydrogen-bond acceptors (Lipinski definition) is 6. The monoisotopic (exact) mass is 383 g/mol. The van der Waals surface area contributed by atoms with Crippen molar-refractivity contribution in [1.82, 2.24) is 15.8 Å². The van der Waals surface area contributed by atoms with Crippen molar-refractivity contribution in [2.75, 3.05) is 14.2 Å². The van der Waals surface area contributed by atoms with E-state index in [1.165, 1.54) is 25.2 Å². The summed E-state index contributed by atoms with van der Waals surface area (Å²) in [5.74, 6) is -0.202. The van der Waals surface area contributed by atoms with E-state index in [2.05, 4.69) is 10.9 Å². The zero-order chi connectivity index (χ0) is 20.1. The van der Waals surface area contributed by atoms with Crippen molar-refractivity contribution in [2.24, 2.45) is 0 Å². The number of benzene rings is 2. The molecule has 1 aliphatic rings. The van der Waals surface area contributed by atoms with Crippen LogP contribution in [0.4, 0.5) is 0 Å². The van der Waals surface area contributed by atoms with Crippen LogP contribution in [0.1, 0.15) is 22.3 Å². The quantitative estimate of drug-likeness (QED) is 0.552. The van der Waals surface area contributed by atoms with E-state index in [9.17, 15) is 14.4 Å². The number of imide groups is 1. The van der Waals surface area contributed by atoms with Gasteiger partial charge < -0.3 is 9.47 Å². The van der Waals surface area contributed by atoms with Crippen molar-refractivity contribution in [1.29, 1.82) is 0 Å². The first-order chi connectivity index (χ1) is 13.5. The molecule has 2 aromatic rings. The number of carbonyl (C=O) groups excluding carboxylic acids is 3. The Kier molecular flexibility index (Phi) is 5.90. The van der Waals surface area contributed by atoms with Crippen molar-refractivity contribution in [3.63, 3.8) is 0 Å². The van der Waals surface area contributed by atoms with Gasteiger partial charge >= 0.3 is 0 Å². The minimum absolute atomic E-state index is 0.0160. The summed E-state index contributed by atoms with van der Waals surface area (Å²) in [4.78, 5) is 38.2. The van der Waals surface area contributed by atoms with Crippen molar-refractivity contribution in [3.8, 4) is 11.5 Å². The van der Waals surface area contributed by atoms with E-state index in [0.717, 1.165) is 5.56 Å². The average molecular weight is 383 g/mol. The molecule has 1 fully saturated rings. The molecule has 0 unspecified atom stereocenters. The minimum atomic E-state index is -0.805. The number of nitrogens with one attached hydrogen (secondary N) is 2. The molecule has 2 N–H and O–H groups in total. The number of hydrogen-bond donors (Lipinski definition) is 2. The second kappa shape index (κ2) is 8.53. The second-order valence-electron chi connectivity index (χ2n) is 6.23. The molecule has 0 aromatic heterocycles. The lowest BCUT2D eigenvalue weighted by atomic mass is 10.2. The molecule has 3 amide bonds. The highest BCUT2D eigenvalue weighted by molar-refractivity contribution is 6.05. The van der Waals surface area contributed by atoms with Crippen LogP contribution in [0.25, 0.3) is 0 Å². The molecule has 1 aliphatic heterocycles. The van der Waals surface area contributed by atoms with E-state index in [4.69, 9.17) is 9.47 Å². The third-order valence-electron chi connectivity index (χ3n) is 4.43. The molecule has 3 rings (SSSR count). The van der Waals surface area contributed by atoms with E-state index < -0.39 is 11.9 Å². The summed E-state index contributed by atoms with van der Waals surface area (Å²) >= 11 is 0. The van der Waals surface area contributed by atoms with Crippen molar-refractivity contribution in [3.05, 3.63) is 59.7 Å². The SMILES string of the molecule is COc1ccc(C(=O)NN[C@@H]2CC(=O)N(Cc3ccccc3)C2=O)cc1OC. The highest BCUT2D eigenvalue weighted by atomic mass is 16.5. The van der Waals surface area contributed by atoms with Gasteiger partial charge in [0.1, 0.15) is 6.04 Å². The fraction of sp³-hybridized carbons (Fsp3) is 0.250. The van der Waals surface area contributed by atoms with Crippen LogP contribution in [-0.4, -0.2) is 42.9 Å². The lowest BCUT2D eigenvalue weighted by Gasteiger charge is -2.16. The maximum absolute atomic E-state index is 12.5. The molecule has 8 heteroatoms. The van der Waals surface area contributed by atoms with E-state index in [1.54, 1.807) is 12.1 Å². The van der Waals surface area contributed by atoms with Gasteiger partial charge in [-0.15, -0.1) is 0 Å². The number of ether oxygens (including phenoxy) is 2. The third kappa shape index (κ3) is 4.12. The Hall–Kier alpha value is -3.39. The number of likely N-dealkylation sites (tertiary alicyclic amines) is 1. The Labute approximate surface area is 162 Å². The largest absolute Gasteiger partial charge is 0.493 e. The van der Waals surface area contributed by atoms with E-state index >= 15 is 0 Å². The summed E-state index contributed by atoms with van der Waals surface area (Å²) in [5, 5.41) is 0. The molecule has 0 aliphatic carbocycles. The van der Waals surface area contributed by atoms with Crippen LogP contribution in [-0.2, 0) is 16.1 Å². The lowest BCUT2D eigenvalue weighted by Crippen LogP contribution is -2.48. The standard InChI is InChI=1S/C20H21N3O5/c1-27-16-9-8-14(10-17(16)28-2)19(25)22-21-15-11-18(24)23(20(15)26)12-13-6-4-3-5-7-13/h3-10,15,21H,11-12H2,1-2H3,(H,22,25)/t15-/m1/s1. The van der Waals surface area contributed by atoms with Crippen molar-refractivity contribution < 1.29 is 23.9 Å². The Morgan fingerprint density at radius 3 is 2.46 bits per heavy atom. The van der Waals surface area contributed by atoms with Gasteiger partial charge in [0.05, 0.1) is 27.2 Å². The molecular weight excluding hydrogens is 362 g/mol. The Bertz CT molecular complexity index is 885. The maximum Gasteiger partial charge on any atom is 0.265 e. The summed E-state index contributed by atoms with van der Waals surface area (Å²) in [6.45, 7) is 0.209. The van der Waals surface area contributed by atoms with Gasteiger partial charge in [0.15, 0.2) is 11.5 Å². The highest BCUT2D eigenvalue weighted by Gasteiger charge is 2.38. The third-order valence-corrected chi connectivity index (χ3v) is 4.43. The summed E-state index contributed by atoms with van der Waals surface area (Å²) in [7, 11) is 2.98. The van der Waals surface area contributed by atoms with Gasteiger partial charge in [0.2, 0.25) is 11.8 Å². The van der Waals surface area contributed by atoms with Crippen LogP contribution in [0.2, 0.25) is 0 Å². The Morgan fingerprint density at radius 2 is 1.79 bits per heavy atom. The number of hydrazine groups is 1. The number of methoxy groups -OCH3 is 2. The van der Waals surface area contributed by atoms with Gasteiger partial charge in [-0.1, -0.05) is 30.3 Å². The molecule has 146 valence electrons. The number of amides is 3. The zero-order valence-electron chi connectivity index (χ0n) is 15.6. The summed E-state index contributed by atoms with van der Waals surface area (Å²) in [6, 6.07) is 13.2. The molecule has 1 heterocycles. The molecule has 0 radical (unpaired) electrons. The molecule has 0 saturated carbocycles. The molecule has 0 bridgehead atoms. The van der Waals surface area contributed by atoms with Crippen LogP contribution >= 0.6 is 0 Å². The first-order valence-corrected chi connectivity index (χ1v) is 8.69. The Balaban J connectivity index is 1.61. The number of nitrogens with zero attached hydrogens (tertiary/aromatic N) is 1. The predicted octanol–water partition coefficient (Wildman–Crippen LogP) is 1.27. The topological polar surface area (TPSA) is 97.0 Å². The first kappa shape index (κ1) is 19.4. The van der Waals surface area contributed by atoms with E-state index in [1.807, 2.05) is 30.3 Å². The van der Waals surface area contributed by atoms with Gasteiger partial charge in [-0.05, 0) is 23.8 Å². The van der Waals surface area contributed by atoms with E-state index in [-0.39, 0.29) is 24.8 Å². The molecule has 1 atom stereocenters. The fourth-order valence-electron chi connectivity index (χ4n) is 2.93. The van der Waals surface area contributed by atoms with Gasteiger partial charge in [0, 0.05) is 5.56 Å². The maximum atomic E-state index is 12.5. The molecule has 1 saturated heterocycles. The van der Waals surface area contributed by atoms with Gasteiger partial charge in [-0.3, -0.25) is 24.7 Å². The fourth-order valence-corrected chi connectivity index (χ4v) is 2.93. The smallest absolute Gasteiger partial charge is 0.265 e. The van der Waals surface area contributed by atoms with Gasteiger partial charge in [0.25, 0.3) is 5.91 Å². The van der Waals surface area contributed by atoms with Crippen LogP contribution in [0, 0.1) is 0 Å². The predicted molar refractivity (Wildman–Crippen MR) is 101 cm³/mol. The van der Waals surface area contributed by atoms with E-state index in [0.29, 0.717) is 17.1 Å². The second-order valence-corrected chi connectivity index (χ2v) is 6.23. The van der Waals surface area contributed by atoms with Gasteiger partial charge in [-0.25, -0.2) is 5.43 Å².